The number of fused-ring (bicyclic) bond motifs is 1. The van der Waals surface area contributed by atoms with Gasteiger partial charge in [-0.05, 0) is 36.4 Å². The van der Waals surface area contributed by atoms with Crippen LogP contribution < -0.4 is 10.1 Å². The fraction of sp³-hybridized carbons (Fsp3) is 0.118. The van der Waals surface area contributed by atoms with E-state index in [1.807, 2.05) is 24.3 Å². The number of nitrogens with one attached hydrogen (secondary N) is 1. The third-order valence-corrected chi connectivity index (χ3v) is 3.93. The predicted octanol–water partition coefficient (Wildman–Crippen LogP) is 3.96. The summed E-state index contributed by atoms with van der Waals surface area (Å²) in [5.74, 6) is -2.53. The fourth-order valence-corrected chi connectivity index (χ4v) is 2.64. The van der Waals surface area contributed by atoms with Crippen molar-refractivity contribution in [3.8, 4) is 5.88 Å². The monoisotopic (exact) mass is 361 g/mol. The number of para-hydroxylation sites is 1. The third kappa shape index (κ3) is 4.63. The van der Waals surface area contributed by atoms with Gasteiger partial charge < -0.3 is 10.1 Å². The Morgan fingerprint density at radius 1 is 1.12 bits per heavy atom. The predicted molar refractivity (Wildman–Crippen MR) is 92.0 cm³/mol. The summed E-state index contributed by atoms with van der Waals surface area (Å²) in [5, 5.41) is 3.35. The number of carbonyl (C=O) groups excluding carboxylic acids is 1. The Hall–Kier alpha value is -2.74. The molecule has 0 radical (unpaired) electrons. The van der Waals surface area contributed by atoms with Crippen LogP contribution in [0.15, 0.2) is 59.8 Å². The van der Waals surface area contributed by atoms with Crippen LogP contribution in [0.1, 0.15) is 0 Å². The van der Waals surface area contributed by atoms with Gasteiger partial charge in [0.05, 0.1) is 10.9 Å². The number of hydrogen-bond donors (Lipinski definition) is 1. The summed E-state index contributed by atoms with van der Waals surface area (Å²) in [7, 11) is 0. The number of aromatic nitrogens is 2. The van der Waals surface area contributed by atoms with Gasteiger partial charge in [0.1, 0.15) is 6.33 Å². The molecule has 1 aromatic heterocycles. The van der Waals surface area contributed by atoms with Crippen LogP contribution in [0.5, 0.6) is 5.88 Å². The molecule has 5 nitrogen and oxygen atoms in total. The molecule has 0 aliphatic rings. The average Bonchev–Trinajstić information content (AvgIpc) is 2.61. The maximum absolute atomic E-state index is 12.3. The van der Waals surface area contributed by atoms with Crippen molar-refractivity contribution < 1.29 is 18.3 Å². The van der Waals surface area contributed by atoms with E-state index in [2.05, 4.69) is 15.3 Å². The number of benzene rings is 2. The molecule has 0 atom stereocenters. The van der Waals surface area contributed by atoms with Gasteiger partial charge in [0.2, 0.25) is 5.88 Å². The SMILES string of the molecule is O=C(COc1ncnc2ccccc12)Nc1ccc(SC(F)F)cc1. The van der Waals surface area contributed by atoms with Crippen molar-refractivity contribution in [1.82, 2.24) is 9.97 Å². The molecule has 0 saturated heterocycles. The minimum Gasteiger partial charge on any atom is -0.467 e. The normalized spacial score (nSPS) is 10.8. The molecule has 1 heterocycles. The van der Waals surface area contributed by atoms with E-state index >= 15 is 0 Å². The van der Waals surface area contributed by atoms with E-state index in [1.54, 1.807) is 12.1 Å². The zero-order valence-electron chi connectivity index (χ0n) is 12.9. The third-order valence-electron chi connectivity index (χ3n) is 3.21. The van der Waals surface area contributed by atoms with Crippen LogP contribution in [0, 0.1) is 0 Å². The lowest BCUT2D eigenvalue weighted by molar-refractivity contribution is -0.118. The number of carbonyl (C=O) groups is 1. The molecule has 0 bridgehead atoms. The summed E-state index contributed by atoms with van der Waals surface area (Å²) in [6, 6.07) is 13.5. The van der Waals surface area contributed by atoms with E-state index < -0.39 is 5.76 Å². The highest BCUT2D eigenvalue weighted by atomic mass is 32.2. The Morgan fingerprint density at radius 3 is 2.64 bits per heavy atom. The molecule has 3 rings (SSSR count). The number of halogens is 2. The van der Waals surface area contributed by atoms with E-state index in [0.29, 0.717) is 33.6 Å². The molecule has 25 heavy (non-hydrogen) atoms. The molecule has 0 fully saturated rings. The summed E-state index contributed by atoms with van der Waals surface area (Å²) in [6.07, 6.45) is 1.37. The van der Waals surface area contributed by atoms with E-state index in [-0.39, 0.29) is 12.5 Å². The van der Waals surface area contributed by atoms with E-state index in [9.17, 15) is 13.6 Å². The largest absolute Gasteiger partial charge is 0.467 e. The summed E-state index contributed by atoms with van der Waals surface area (Å²) in [6.45, 7) is -0.228. The number of anilines is 1. The highest BCUT2D eigenvalue weighted by Gasteiger charge is 2.09. The van der Waals surface area contributed by atoms with Crippen molar-refractivity contribution in [2.45, 2.75) is 10.7 Å². The zero-order chi connectivity index (χ0) is 17.6. The topological polar surface area (TPSA) is 64.1 Å². The minimum atomic E-state index is -2.48. The second-order valence-electron chi connectivity index (χ2n) is 4.94. The highest BCUT2D eigenvalue weighted by Crippen LogP contribution is 2.26. The molecular formula is C17H13F2N3O2S. The van der Waals surface area contributed by atoms with E-state index in [4.69, 9.17) is 4.74 Å². The van der Waals surface area contributed by atoms with Crippen LogP contribution >= 0.6 is 11.8 Å². The van der Waals surface area contributed by atoms with Gasteiger partial charge >= 0.3 is 0 Å². The Bertz CT molecular complexity index is 870. The van der Waals surface area contributed by atoms with Crippen LogP contribution in [0.25, 0.3) is 10.9 Å². The van der Waals surface area contributed by atoms with Gasteiger partial charge in [-0.3, -0.25) is 4.79 Å². The van der Waals surface area contributed by atoms with Gasteiger partial charge in [0, 0.05) is 10.6 Å². The van der Waals surface area contributed by atoms with Crippen molar-refractivity contribution in [3.63, 3.8) is 0 Å². The molecule has 3 aromatic rings. The zero-order valence-corrected chi connectivity index (χ0v) is 13.7. The number of thioether (sulfide) groups is 1. The second-order valence-corrected chi connectivity index (χ2v) is 6.00. The summed E-state index contributed by atoms with van der Waals surface area (Å²) in [5.41, 5.74) is 1.22. The molecule has 2 aromatic carbocycles. The molecule has 0 aliphatic heterocycles. The number of nitrogens with zero attached hydrogens (tertiary/aromatic N) is 2. The molecular weight excluding hydrogens is 348 g/mol. The molecule has 128 valence electrons. The number of hydrogen-bond acceptors (Lipinski definition) is 5. The molecule has 0 saturated carbocycles. The fourth-order valence-electron chi connectivity index (χ4n) is 2.15. The smallest absolute Gasteiger partial charge is 0.288 e. The van der Waals surface area contributed by atoms with Crippen molar-refractivity contribution in [1.29, 1.82) is 0 Å². The maximum atomic E-state index is 12.3. The van der Waals surface area contributed by atoms with Crippen LogP contribution in [-0.4, -0.2) is 28.2 Å². The first-order valence-electron chi connectivity index (χ1n) is 7.29. The average molecular weight is 361 g/mol. The molecule has 0 aliphatic carbocycles. The second kappa shape index (κ2) is 7.89. The van der Waals surface area contributed by atoms with Crippen molar-refractivity contribution in [3.05, 3.63) is 54.9 Å². The molecule has 1 N–H and O–H groups in total. The number of ether oxygens (including phenoxy) is 1. The standard InChI is InChI=1S/C17H13F2N3O2S/c18-17(19)25-12-7-5-11(6-8-12)22-15(23)9-24-16-13-3-1-2-4-14(13)20-10-21-16/h1-8,10,17H,9H2,(H,22,23). The van der Waals surface area contributed by atoms with Crippen molar-refractivity contribution in [2.24, 2.45) is 0 Å². The molecule has 8 heteroatoms. The minimum absolute atomic E-state index is 0.228. The lowest BCUT2D eigenvalue weighted by atomic mass is 10.2. The Morgan fingerprint density at radius 2 is 1.88 bits per heavy atom. The van der Waals surface area contributed by atoms with Crippen LogP contribution in [-0.2, 0) is 4.79 Å². The number of alkyl halides is 2. The van der Waals surface area contributed by atoms with Gasteiger partial charge in [-0.2, -0.15) is 8.78 Å². The van der Waals surface area contributed by atoms with E-state index in [1.165, 1.54) is 18.5 Å². The first-order valence-corrected chi connectivity index (χ1v) is 8.17. The quantitative estimate of drug-likeness (QED) is 0.673. The van der Waals surface area contributed by atoms with Crippen LogP contribution in [0.3, 0.4) is 0 Å². The van der Waals surface area contributed by atoms with Gasteiger partial charge in [-0.15, -0.1) is 0 Å². The molecule has 0 unspecified atom stereocenters. The van der Waals surface area contributed by atoms with Gasteiger partial charge in [0.15, 0.2) is 6.61 Å². The summed E-state index contributed by atoms with van der Waals surface area (Å²) in [4.78, 5) is 20.6. The number of amides is 1. The van der Waals surface area contributed by atoms with Crippen molar-refractivity contribution in [2.75, 3.05) is 11.9 Å². The lowest BCUT2D eigenvalue weighted by Crippen LogP contribution is -2.20. The van der Waals surface area contributed by atoms with Crippen LogP contribution in [0.4, 0.5) is 14.5 Å². The first kappa shape index (κ1) is 17.1. The molecule has 0 spiro atoms. The van der Waals surface area contributed by atoms with Crippen LogP contribution in [0.2, 0.25) is 0 Å². The van der Waals surface area contributed by atoms with E-state index in [0.717, 1.165) is 5.52 Å². The summed E-state index contributed by atoms with van der Waals surface area (Å²) >= 11 is 0.450. The first-order chi connectivity index (χ1) is 12.1. The van der Waals surface area contributed by atoms with Gasteiger partial charge in [-0.1, -0.05) is 23.9 Å². The molecule has 1 amide bonds. The van der Waals surface area contributed by atoms with Gasteiger partial charge in [0.25, 0.3) is 11.7 Å². The van der Waals surface area contributed by atoms with Crippen molar-refractivity contribution >= 4 is 34.3 Å². The summed E-state index contributed by atoms with van der Waals surface area (Å²) < 4.78 is 30.0. The maximum Gasteiger partial charge on any atom is 0.288 e. The Labute approximate surface area is 146 Å². The highest BCUT2D eigenvalue weighted by molar-refractivity contribution is 7.99. The lowest BCUT2D eigenvalue weighted by Gasteiger charge is -2.09. The van der Waals surface area contributed by atoms with Gasteiger partial charge in [-0.25, -0.2) is 9.97 Å². The Kier molecular flexibility index (Phi) is 5.39. The number of rotatable bonds is 6. The Balaban J connectivity index is 1.59.